The number of benzene rings is 2. The highest BCUT2D eigenvalue weighted by molar-refractivity contribution is 7.99. The van der Waals surface area contributed by atoms with Gasteiger partial charge in [0.25, 0.3) is 0 Å². The van der Waals surface area contributed by atoms with Crippen LogP contribution in [0.2, 0.25) is 0 Å². The van der Waals surface area contributed by atoms with E-state index >= 15 is 0 Å². The van der Waals surface area contributed by atoms with E-state index in [1.165, 1.54) is 4.90 Å². The Bertz CT molecular complexity index is 554. The van der Waals surface area contributed by atoms with Gasteiger partial charge in [-0.3, -0.25) is 0 Å². The van der Waals surface area contributed by atoms with E-state index in [1.54, 1.807) is 6.07 Å². The van der Waals surface area contributed by atoms with E-state index < -0.39 is 0 Å². The van der Waals surface area contributed by atoms with Crippen LogP contribution in [0.5, 0.6) is 5.75 Å². The van der Waals surface area contributed by atoms with E-state index in [-0.39, 0.29) is 0 Å². The third-order valence-corrected chi connectivity index (χ3v) is 3.85. The number of phenolic OH excluding ortho intramolecular Hbond substituents is 1. The van der Waals surface area contributed by atoms with Crippen LogP contribution < -0.4 is 5.32 Å². The monoisotopic (exact) mass is 273 g/mol. The molecule has 0 aliphatic heterocycles. The maximum absolute atomic E-state index is 9.84. The maximum Gasteiger partial charge on any atom is 0.120 e. The molecule has 100 valence electrons. The molecule has 0 spiro atoms. The van der Waals surface area contributed by atoms with Crippen molar-refractivity contribution >= 4 is 17.4 Å². The number of aryl methyl sites for hydroxylation is 1. The second-order valence-electron chi connectivity index (χ2n) is 4.41. The molecular formula is C16H19NOS. The van der Waals surface area contributed by atoms with Crippen molar-refractivity contribution in [2.45, 2.75) is 25.3 Å². The Morgan fingerprint density at radius 1 is 1.16 bits per heavy atom. The summed E-state index contributed by atoms with van der Waals surface area (Å²) in [4.78, 5) is 1.25. The molecule has 0 radical (unpaired) electrons. The molecule has 2 rings (SSSR count). The standard InChI is InChI=1S/C16H19NOS/c1-3-19-16-7-5-4-6-14(16)17-11-13-10-12(2)8-9-15(13)18/h4-10,17-18H,3,11H2,1-2H3. The third-order valence-electron chi connectivity index (χ3n) is 2.89. The van der Waals surface area contributed by atoms with Crippen LogP contribution in [0.3, 0.4) is 0 Å². The van der Waals surface area contributed by atoms with E-state index in [0.29, 0.717) is 12.3 Å². The zero-order valence-corrected chi connectivity index (χ0v) is 12.1. The van der Waals surface area contributed by atoms with Crippen LogP contribution in [0.1, 0.15) is 18.1 Å². The van der Waals surface area contributed by atoms with Crippen LogP contribution in [0.25, 0.3) is 0 Å². The molecule has 0 bridgehead atoms. The van der Waals surface area contributed by atoms with Gasteiger partial charge in [0.2, 0.25) is 0 Å². The Morgan fingerprint density at radius 2 is 1.95 bits per heavy atom. The molecule has 2 aromatic carbocycles. The second-order valence-corrected chi connectivity index (χ2v) is 5.72. The lowest BCUT2D eigenvalue weighted by Gasteiger charge is -2.12. The van der Waals surface area contributed by atoms with Gasteiger partial charge in [0, 0.05) is 22.7 Å². The number of para-hydroxylation sites is 1. The molecule has 2 aromatic rings. The molecule has 0 unspecified atom stereocenters. The highest BCUT2D eigenvalue weighted by Gasteiger charge is 2.04. The first kappa shape index (κ1) is 13.8. The summed E-state index contributed by atoms with van der Waals surface area (Å²) < 4.78 is 0. The van der Waals surface area contributed by atoms with Crippen LogP contribution in [0.4, 0.5) is 5.69 Å². The smallest absolute Gasteiger partial charge is 0.120 e. The Balaban J connectivity index is 2.12. The normalized spacial score (nSPS) is 10.4. The van der Waals surface area contributed by atoms with Crippen molar-refractivity contribution in [1.82, 2.24) is 0 Å². The Kier molecular flexibility index (Phi) is 4.74. The molecule has 0 fully saturated rings. The Hall–Kier alpha value is -1.61. The number of phenols is 1. The topological polar surface area (TPSA) is 32.3 Å². The third kappa shape index (κ3) is 3.67. The van der Waals surface area contributed by atoms with Gasteiger partial charge in [0.15, 0.2) is 0 Å². The molecule has 0 saturated carbocycles. The molecule has 2 N–H and O–H groups in total. The minimum absolute atomic E-state index is 0.346. The fraction of sp³-hybridized carbons (Fsp3) is 0.250. The van der Waals surface area contributed by atoms with Crippen LogP contribution in [0.15, 0.2) is 47.4 Å². The van der Waals surface area contributed by atoms with Gasteiger partial charge in [0.05, 0.1) is 0 Å². The van der Waals surface area contributed by atoms with Crippen molar-refractivity contribution in [2.24, 2.45) is 0 Å². The van der Waals surface area contributed by atoms with Crippen molar-refractivity contribution in [2.75, 3.05) is 11.1 Å². The van der Waals surface area contributed by atoms with Gasteiger partial charge in [-0.05, 0) is 30.9 Å². The molecular weight excluding hydrogens is 254 g/mol. The second kappa shape index (κ2) is 6.53. The van der Waals surface area contributed by atoms with Gasteiger partial charge in [-0.2, -0.15) is 0 Å². The first-order valence-electron chi connectivity index (χ1n) is 6.45. The van der Waals surface area contributed by atoms with E-state index in [2.05, 4.69) is 24.4 Å². The summed E-state index contributed by atoms with van der Waals surface area (Å²) in [6.45, 7) is 4.81. The van der Waals surface area contributed by atoms with Crippen molar-refractivity contribution < 1.29 is 5.11 Å². The number of nitrogens with one attached hydrogen (secondary N) is 1. The lowest BCUT2D eigenvalue weighted by atomic mass is 10.1. The van der Waals surface area contributed by atoms with Crippen molar-refractivity contribution in [3.8, 4) is 5.75 Å². The minimum Gasteiger partial charge on any atom is -0.508 e. The summed E-state index contributed by atoms with van der Waals surface area (Å²) >= 11 is 1.82. The summed E-state index contributed by atoms with van der Waals surface area (Å²) in [6.07, 6.45) is 0. The van der Waals surface area contributed by atoms with E-state index in [4.69, 9.17) is 0 Å². The van der Waals surface area contributed by atoms with Gasteiger partial charge in [-0.25, -0.2) is 0 Å². The molecule has 3 heteroatoms. The molecule has 0 aliphatic carbocycles. The predicted octanol–water partition coefficient (Wildman–Crippen LogP) is 4.42. The SMILES string of the molecule is CCSc1ccccc1NCc1cc(C)ccc1O. The number of hydrogen-bond donors (Lipinski definition) is 2. The molecule has 19 heavy (non-hydrogen) atoms. The number of anilines is 1. The largest absolute Gasteiger partial charge is 0.508 e. The highest BCUT2D eigenvalue weighted by Crippen LogP contribution is 2.28. The summed E-state index contributed by atoms with van der Waals surface area (Å²) in [5, 5.41) is 13.2. The average molecular weight is 273 g/mol. The molecule has 0 heterocycles. The van der Waals surface area contributed by atoms with Crippen molar-refractivity contribution in [3.05, 3.63) is 53.6 Å². The molecule has 0 saturated heterocycles. The quantitative estimate of drug-likeness (QED) is 0.791. The van der Waals surface area contributed by atoms with Crippen LogP contribution >= 0.6 is 11.8 Å². The fourth-order valence-electron chi connectivity index (χ4n) is 1.94. The predicted molar refractivity (Wildman–Crippen MR) is 83.0 cm³/mol. The average Bonchev–Trinajstić information content (AvgIpc) is 2.42. The highest BCUT2D eigenvalue weighted by atomic mass is 32.2. The maximum atomic E-state index is 9.84. The summed E-state index contributed by atoms with van der Waals surface area (Å²) in [7, 11) is 0. The summed E-state index contributed by atoms with van der Waals surface area (Å²) in [5.41, 5.74) is 3.21. The van der Waals surface area contributed by atoms with Crippen LogP contribution in [0, 0.1) is 6.92 Å². The van der Waals surface area contributed by atoms with Gasteiger partial charge in [0.1, 0.15) is 5.75 Å². The Labute approximate surface area is 118 Å². The number of thioether (sulfide) groups is 1. The van der Waals surface area contributed by atoms with Gasteiger partial charge < -0.3 is 10.4 Å². The summed E-state index contributed by atoms with van der Waals surface area (Å²) in [5.74, 6) is 1.40. The minimum atomic E-state index is 0.346. The van der Waals surface area contributed by atoms with Crippen LogP contribution in [-0.2, 0) is 6.54 Å². The molecule has 0 amide bonds. The van der Waals surface area contributed by atoms with Gasteiger partial charge >= 0.3 is 0 Å². The first-order valence-corrected chi connectivity index (χ1v) is 7.43. The van der Waals surface area contributed by atoms with E-state index in [0.717, 1.165) is 22.6 Å². The molecule has 0 aliphatic rings. The molecule has 0 aromatic heterocycles. The van der Waals surface area contributed by atoms with Crippen molar-refractivity contribution in [3.63, 3.8) is 0 Å². The molecule has 2 nitrogen and oxygen atoms in total. The zero-order chi connectivity index (χ0) is 13.7. The molecule has 0 atom stereocenters. The zero-order valence-electron chi connectivity index (χ0n) is 11.3. The van der Waals surface area contributed by atoms with Crippen LogP contribution in [-0.4, -0.2) is 10.9 Å². The fourth-order valence-corrected chi connectivity index (χ4v) is 2.72. The number of hydrogen-bond acceptors (Lipinski definition) is 3. The number of rotatable bonds is 5. The first-order chi connectivity index (χ1) is 9.20. The van der Waals surface area contributed by atoms with Gasteiger partial charge in [-0.15, -0.1) is 11.8 Å². The Morgan fingerprint density at radius 3 is 2.74 bits per heavy atom. The van der Waals surface area contributed by atoms with Gasteiger partial charge in [-0.1, -0.05) is 36.8 Å². The summed E-state index contributed by atoms with van der Waals surface area (Å²) in [6, 6.07) is 13.9. The van der Waals surface area contributed by atoms with E-state index in [1.807, 2.05) is 43.0 Å². The lowest BCUT2D eigenvalue weighted by Crippen LogP contribution is -2.01. The van der Waals surface area contributed by atoms with Crippen molar-refractivity contribution in [1.29, 1.82) is 0 Å². The number of aromatic hydroxyl groups is 1. The van der Waals surface area contributed by atoms with E-state index in [9.17, 15) is 5.11 Å². The lowest BCUT2D eigenvalue weighted by molar-refractivity contribution is 0.469.